The van der Waals surface area contributed by atoms with E-state index in [0.717, 1.165) is 17.0 Å². The third kappa shape index (κ3) is 3.85. The van der Waals surface area contributed by atoms with Gasteiger partial charge in [-0.15, -0.1) is 0 Å². The molecule has 0 aliphatic rings. The highest BCUT2D eigenvalue weighted by molar-refractivity contribution is 5.80. The molecule has 2 aromatic rings. The molecule has 0 heterocycles. The van der Waals surface area contributed by atoms with Crippen LogP contribution >= 0.6 is 0 Å². The maximum absolute atomic E-state index is 5.11. The lowest BCUT2D eigenvalue weighted by atomic mass is 10.0. The molecule has 0 amide bonds. The van der Waals surface area contributed by atoms with Gasteiger partial charge in [-0.2, -0.15) is 5.10 Å². The molecule has 3 heteroatoms. The van der Waals surface area contributed by atoms with Crippen LogP contribution in [0.5, 0.6) is 5.75 Å². The average molecular weight is 268 g/mol. The molecular weight excluding hydrogens is 248 g/mol. The standard InChI is InChI=1S/C17H20N2O/c1-13(2)15-6-4-14(5-7-15)12-18-19-16-8-10-17(20-3)11-9-16/h4-13,19H,1-3H3/b18-12+. The van der Waals surface area contributed by atoms with Gasteiger partial charge in [0.15, 0.2) is 0 Å². The van der Waals surface area contributed by atoms with Crippen LogP contribution in [-0.4, -0.2) is 13.3 Å². The van der Waals surface area contributed by atoms with Gasteiger partial charge in [-0.3, -0.25) is 5.43 Å². The molecule has 0 saturated carbocycles. The summed E-state index contributed by atoms with van der Waals surface area (Å²) >= 11 is 0. The number of anilines is 1. The quantitative estimate of drug-likeness (QED) is 0.649. The van der Waals surface area contributed by atoms with Gasteiger partial charge in [0, 0.05) is 0 Å². The molecule has 2 rings (SSSR count). The number of hydrogen-bond acceptors (Lipinski definition) is 3. The van der Waals surface area contributed by atoms with E-state index in [9.17, 15) is 0 Å². The Kier molecular flexibility index (Phi) is 4.77. The molecular formula is C17H20N2O. The van der Waals surface area contributed by atoms with Crippen LogP contribution in [0.25, 0.3) is 0 Å². The molecule has 0 radical (unpaired) electrons. The fourth-order valence-electron chi connectivity index (χ4n) is 1.81. The number of methoxy groups -OCH3 is 1. The van der Waals surface area contributed by atoms with Gasteiger partial charge in [0.2, 0.25) is 0 Å². The van der Waals surface area contributed by atoms with E-state index < -0.39 is 0 Å². The zero-order chi connectivity index (χ0) is 14.4. The largest absolute Gasteiger partial charge is 0.497 e. The number of rotatable bonds is 5. The second-order valence-electron chi connectivity index (χ2n) is 4.92. The molecule has 104 valence electrons. The minimum Gasteiger partial charge on any atom is -0.497 e. The Labute approximate surface area is 120 Å². The second-order valence-corrected chi connectivity index (χ2v) is 4.92. The Morgan fingerprint density at radius 2 is 1.65 bits per heavy atom. The summed E-state index contributed by atoms with van der Waals surface area (Å²) < 4.78 is 5.11. The van der Waals surface area contributed by atoms with Gasteiger partial charge in [0.1, 0.15) is 5.75 Å². The molecule has 0 aliphatic heterocycles. The van der Waals surface area contributed by atoms with Crippen molar-refractivity contribution < 1.29 is 4.74 Å². The molecule has 0 unspecified atom stereocenters. The SMILES string of the molecule is COc1ccc(N/N=C/c2ccc(C(C)C)cc2)cc1. The summed E-state index contributed by atoms with van der Waals surface area (Å²) in [5, 5.41) is 4.23. The Balaban J connectivity index is 1.95. The first-order chi connectivity index (χ1) is 9.69. The first-order valence-electron chi connectivity index (χ1n) is 6.72. The van der Waals surface area contributed by atoms with Gasteiger partial charge in [0.05, 0.1) is 19.0 Å². The molecule has 1 N–H and O–H groups in total. The van der Waals surface area contributed by atoms with Crippen molar-refractivity contribution in [3.63, 3.8) is 0 Å². The van der Waals surface area contributed by atoms with Crippen LogP contribution in [0, 0.1) is 0 Å². The summed E-state index contributed by atoms with van der Waals surface area (Å²) in [5.41, 5.74) is 6.34. The number of nitrogens with zero attached hydrogens (tertiary/aromatic N) is 1. The van der Waals surface area contributed by atoms with Crippen molar-refractivity contribution in [1.29, 1.82) is 0 Å². The van der Waals surface area contributed by atoms with E-state index in [1.807, 2.05) is 30.5 Å². The molecule has 0 aliphatic carbocycles. The van der Waals surface area contributed by atoms with E-state index >= 15 is 0 Å². The summed E-state index contributed by atoms with van der Waals surface area (Å²) in [5.74, 6) is 1.39. The third-order valence-electron chi connectivity index (χ3n) is 3.10. The zero-order valence-corrected chi connectivity index (χ0v) is 12.1. The average Bonchev–Trinajstić information content (AvgIpc) is 2.48. The summed E-state index contributed by atoms with van der Waals surface area (Å²) in [7, 11) is 1.65. The molecule has 3 nitrogen and oxygen atoms in total. The van der Waals surface area contributed by atoms with Crippen LogP contribution < -0.4 is 10.2 Å². The van der Waals surface area contributed by atoms with Crippen molar-refractivity contribution in [3.05, 3.63) is 59.7 Å². The smallest absolute Gasteiger partial charge is 0.119 e. The molecule has 2 aromatic carbocycles. The van der Waals surface area contributed by atoms with Crippen LogP contribution in [0.2, 0.25) is 0 Å². The molecule has 0 aromatic heterocycles. The van der Waals surface area contributed by atoms with E-state index in [-0.39, 0.29) is 0 Å². The molecule has 0 saturated heterocycles. The summed E-state index contributed by atoms with van der Waals surface area (Å²) in [4.78, 5) is 0. The predicted molar refractivity (Wildman–Crippen MR) is 84.7 cm³/mol. The summed E-state index contributed by atoms with van der Waals surface area (Å²) in [6.45, 7) is 4.38. The lowest BCUT2D eigenvalue weighted by Crippen LogP contribution is -1.92. The first-order valence-corrected chi connectivity index (χ1v) is 6.72. The van der Waals surface area contributed by atoms with Crippen molar-refractivity contribution in [2.24, 2.45) is 5.10 Å². The molecule has 0 atom stereocenters. The van der Waals surface area contributed by atoms with Gasteiger partial charge >= 0.3 is 0 Å². The monoisotopic (exact) mass is 268 g/mol. The highest BCUT2D eigenvalue weighted by Gasteiger charge is 1.97. The lowest BCUT2D eigenvalue weighted by Gasteiger charge is -2.05. The number of benzene rings is 2. The number of nitrogens with one attached hydrogen (secondary N) is 1. The topological polar surface area (TPSA) is 33.6 Å². The van der Waals surface area contributed by atoms with E-state index in [2.05, 4.69) is 48.6 Å². The molecule has 0 fully saturated rings. The van der Waals surface area contributed by atoms with Crippen molar-refractivity contribution in [3.8, 4) is 5.75 Å². The Morgan fingerprint density at radius 1 is 1.00 bits per heavy atom. The van der Waals surface area contributed by atoms with Crippen LogP contribution in [-0.2, 0) is 0 Å². The summed E-state index contributed by atoms with van der Waals surface area (Å²) in [6.07, 6.45) is 1.81. The molecule has 0 bridgehead atoms. The maximum atomic E-state index is 5.11. The Morgan fingerprint density at radius 3 is 2.20 bits per heavy atom. The third-order valence-corrected chi connectivity index (χ3v) is 3.10. The highest BCUT2D eigenvalue weighted by Crippen LogP contribution is 2.15. The van der Waals surface area contributed by atoms with Gasteiger partial charge in [-0.1, -0.05) is 38.1 Å². The normalized spacial score (nSPS) is 11.0. The van der Waals surface area contributed by atoms with Crippen molar-refractivity contribution in [2.75, 3.05) is 12.5 Å². The van der Waals surface area contributed by atoms with Crippen LogP contribution in [0.3, 0.4) is 0 Å². The van der Waals surface area contributed by atoms with Gasteiger partial charge in [0.25, 0.3) is 0 Å². The van der Waals surface area contributed by atoms with Gasteiger partial charge in [-0.05, 0) is 41.3 Å². The van der Waals surface area contributed by atoms with E-state index in [4.69, 9.17) is 4.74 Å². The molecule has 20 heavy (non-hydrogen) atoms. The number of hydrazone groups is 1. The van der Waals surface area contributed by atoms with Crippen molar-refractivity contribution in [1.82, 2.24) is 0 Å². The minimum atomic E-state index is 0.554. The fraction of sp³-hybridized carbons (Fsp3) is 0.235. The minimum absolute atomic E-state index is 0.554. The van der Waals surface area contributed by atoms with Crippen molar-refractivity contribution in [2.45, 2.75) is 19.8 Å². The maximum Gasteiger partial charge on any atom is 0.119 e. The van der Waals surface area contributed by atoms with E-state index in [0.29, 0.717) is 5.92 Å². The number of hydrogen-bond donors (Lipinski definition) is 1. The van der Waals surface area contributed by atoms with Gasteiger partial charge < -0.3 is 4.74 Å². The van der Waals surface area contributed by atoms with Crippen LogP contribution in [0.1, 0.15) is 30.9 Å². The lowest BCUT2D eigenvalue weighted by molar-refractivity contribution is 0.415. The zero-order valence-electron chi connectivity index (χ0n) is 12.1. The summed E-state index contributed by atoms with van der Waals surface area (Å²) in [6, 6.07) is 16.1. The van der Waals surface area contributed by atoms with E-state index in [1.165, 1.54) is 5.56 Å². The fourth-order valence-corrected chi connectivity index (χ4v) is 1.81. The van der Waals surface area contributed by atoms with Gasteiger partial charge in [-0.25, -0.2) is 0 Å². The van der Waals surface area contributed by atoms with Crippen LogP contribution in [0.15, 0.2) is 53.6 Å². The van der Waals surface area contributed by atoms with Crippen LogP contribution in [0.4, 0.5) is 5.69 Å². The predicted octanol–water partition coefficient (Wildman–Crippen LogP) is 4.26. The Hall–Kier alpha value is -2.29. The van der Waals surface area contributed by atoms with Crippen molar-refractivity contribution >= 4 is 11.9 Å². The number of ether oxygens (including phenoxy) is 1. The second kappa shape index (κ2) is 6.75. The first kappa shape index (κ1) is 14.1. The Bertz CT molecular complexity index is 557. The highest BCUT2D eigenvalue weighted by atomic mass is 16.5. The molecule has 0 spiro atoms. The van der Waals surface area contributed by atoms with E-state index in [1.54, 1.807) is 7.11 Å².